The Morgan fingerprint density at radius 2 is 2.00 bits per heavy atom. The third-order valence-electron chi connectivity index (χ3n) is 4.90. The average molecular weight is 365 g/mol. The minimum Gasteiger partial charge on any atom is -0.336 e. The molecule has 6 nitrogen and oxygen atoms in total. The maximum atomic E-state index is 12.7. The van der Waals surface area contributed by atoms with Crippen LogP contribution in [0.2, 0.25) is 0 Å². The Morgan fingerprint density at radius 1 is 1.21 bits per heavy atom. The highest BCUT2D eigenvalue weighted by molar-refractivity contribution is 7.91. The van der Waals surface area contributed by atoms with E-state index in [0.29, 0.717) is 24.4 Å². The minimum atomic E-state index is -2.86. The first-order valence-corrected chi connectivity index (χ1v) is 10.8. The maximum absolute atomic E-state index is 12.7. The van der Waals surface area contributed by atoms with Crippen molar-refractivity contribution in [2.24, 2.45) is 0 Å². The van der Waals surface area contributed by atoms with Gasteiger partial charge in [-0.2, -0.15) is 0 Å². The summed E-state index contributed by atoms with van der Waals surface area (Å²) in [5, 5.41) is 0. The van der Waals surface area contributed by atoms with E-state index in [1.807, 2.05) is 23.1 Å². The molecule has 1 aromatic carbocycles. The second-order valence-corrected chi connectivity index (χ2v) is 9.53. The van der Waals surface area contributed by atoms with E-state index in [-0.39, 0.29) is 17.7 Å². The van der Waals surface area contributed by atoms with Gasteiger partial charge in [0, 0.05) is 37.8 Å². The molecule has 2 fully saturated rings. The van der Waals surface area contributed by atoms with E-state index in [0.717, 1.165) is 29.7 Å². The molecule has 2 saturated heterocycles. The monoisotopic (exact) mass is 365 g/mol. The van der Waals surface area contributed by atoms with Crippen molar-refractivity contribution >= 4 is 37.3 Å². The van der Waals surface area contributed by atoms with Crippen LogP contribution < -0.4 is 0 Å². The van der Waals surface area contributed by atoms with Gasteiger partial charge >= 0.3 is 0 Å². The number of aromatic nitrogens is 1. The molecule has 1 amide bonds. The van der Waals surface area contributed by atoms with Crippen molar-refractivity contribution in [1.29, 1.82) is 0 Å². The van der Waals surface area contributed by atoms with Crippen molar-refractivity contribution < 1.29 is 13.2 Å². The summed E-state index contributed by atoms with van der Waals surface area (Å²) in [6, 6.07) is 5.75. The van der Waals surface area contributed by atoms with Gasteiger partial charge in [-0.15, -0.1) is 11.3 Å². The number of benzene rings is 1. The van der Waals surface area contributed by atoms with Crippen molar-refractivity contribution in [2.45, 2.75) is 12.5 Å². The molecule has 128 valence electrons. The number of nitrogens with zero attached hydrogens (tertiary/aromatic N) is 3. The number of amides is 1. The Hall–Kier alpha value is -1.51. The zero-order valence-corrected chi connectivity index (χ0v) is 14.9. The molecular formula is C16H19N3O3S2. The highest BCUT2D eigenvalue weighted by Crippen LogP contribution is 2.22. The van der Waals surface area contributed by atoms with Crippen LogP contribution in [0.15, 0.2) is 23.7 Å². The quantitative estimate of drug-likeness (QED) is 0.801. The third kappa shape index (κ3) is 3.05. The molecule has 0 saturated carbocycles. The van der Waals surface area contributed by atoms with Crippen LogP contribution in [-0.2, 0) is 9.84 Å². The van der Waals surface area contributed by atoms with Crippen molar-refractivity contribution in [3.05, 3.63) is 29.3 Å². The standard InChI is InChI=1S/C16H19N3O3S2/c20-16(12-1-2-14-15(9-12)23-11-17-14)19-6-4-18(5-7-19)13-3-8-24(21,22)10-13/h1-2,9,11,13H,3-8,10H2/t13-/m0/s1. The lowest BCUT2D eigenvalue weighted by Gasteiger charge is -2.37. The molecule has 8 heteroatoms. The van der Waals surface area contributed by atoms with Gasteiger partial charge in [0.05, 0.1) is 27.2 Å². The number of thiazole rings is 1. The van der Waals surface area contributed by atoms with E-state index in [1.54, 1.807) is 5.51 Å². The summed E-state index contributed by atoms with van der Waals surface area (Å²) in [6.07, 6.45) is 0.721. The largest absolute Gasteiger partial charge is 0.336 e. The zero-order valence-electron chi connectivity index (χ0n) is 13.2. The Kier molecular flexibility index (Phi) is 4.06. The van der Waals surface area contributed by atoms with Crippen molar-refractivity contribution in [3.63, 3.8) is 0 Å². The summed E-state index contributed by atoms with van der Waals surface area (Å²) in [5.41, 5.74) is 3.40. The minimum absolute atomic E-state index is 0.0454. The van der Waals surface area contributed by atoms with Crippen LogP contribution in [0.5, 0.6) is 0 Å². The topological polar surface area (TPSA) is 70.6 Å². The Morgan fingerprint density at radius 3 is 2.71 bits per heavy atom. The van der Waals surface area contributed by atoms with Crippen LogP contribution in [0.3, 0.4) is 0 Å². The van der Waals surface area contributed by atoms with Crippen molar-refractivity contribution in [1.82, 2.24) is 14.8 Å². The first kappa shape index (κ1) is 16.0. The fourth-order valence-electron chi connectivity index (χ4n) is 3.52. The average Bonchev–Trinajstić information content (AvgIpc) is 3.19. The van der Waals surface area contributed by atoms with Crippen LogP contribution in [0.1, 0.15) is 16.8 Å². The molecule has 0 bridgehead atoms. The molecule has 0 spiro atoms. The molecule has 2 aliphatic heterocycles. The fraction of sp³-hybridized carbons (Fsp3) is 0.500. The highest BCUT2D eigenvalue weighted by Gasteiger charge is 2.34. The Labute approximate surface area is 145 Å². The molecule has 2 aromatic rings. The van der Waals surface area contributed by atoms with Crippen LogP contribution in [0, 0.1) is 0 Å². The van der Waals surface area contributed by atoms with E-state index < -0.39 is 9.84 Å². The van der Waals surface area contributed by atoms with Gasteiger partial charge in [0.15, 0.2) is 9.84 Å². The van der Waals surface area contributed by atoms with Gasteiger partial charge in [-0.05, 0) is 24.6 Å². The molecule has 24 heavy (non-hydrogen) atoms. The van der Waals surface area contributed by atoms with E-state index in [2.05, 4.69) is 9.88 Å². The second-order valence-electron chi connectivity index (χ2n) is 6.42. The van der Waals surface area contributed by atoms with E-state index in [4.69, 9.17) is 0 Å². The first-order valence-electron chi connectivity index (χ1n) is 8.09. The lowest BCUT2D eigenvalue weighted by molar-refractivity contribution is 0.0588. The summed E-state index contributed by atoms with van der Waals surface area (Å²) in [4.78, 5) is 21.0. The zero-order chi connectivity index (χ0) is 16.7. The normalized spacial score (nSPS) is 24.5. The van der Waals surface area contributed by atoms with Gasteiger partial charge in [-0.1, -0.05) is 0 Å². The predicted octanol–water partition coefficient (Wildman–Crippen LogP) is 1.24. The SMILES string of the molecule is O=C(c1ccc2ncsc2c1)N1CCN([C@H]2CCS(=O)(=O)C2)CC1. The number of carbonyl (C=O) groups excluding carboxylic acids is 1. The van der Waals surface area contributed by atoms with Gasteiger partial charge in [-0.25, -0.2) is 13.4 Å². The molecule has 4 rings (SSSR count). The second kappa shape index (κ2) is 6.09. The van der Waals surface area contributed by atoms with Gasteiger partial charge in [0.1, 0.15) is 0 Å². The third-order valence-corrected chi connectivity index (χ3v) is 7.45. The molecule has 1 aromatic heterocycles. The van der Waals surface area contributed by atoms with Gasteiger partial charge in [0.25, 0.3) is 5.91 Å². The molecule has 0 unspecified atom stereocenters. The Balaban J connectivity index is 1.41. The van der Waals surface area contributed by atoms with Crippen LogP contribution in [-0.4, -0.2) is 72.8 Å². The van der Waals surface area contributed by atoms with E-state index >= 15 is 0 Å². The summed E-state index contributed by atoms with van der Waals surface area (Å²) in [5.74, 6) is 0.610. The smallest absolute Gasteiger partial charge is 0.253 e. The van der Waals surface area contributed by atoms with Crippen LogP contribution in [0.25, 0.3) is 10.2 Å². The number of piperazine rings is 1. The molecule has 2 aliphatic rings. The number of hydrogen-bond donors (Lipinski definition) is 0. The number of rotatable bonds is 2. The number of hydrogen-bond acceptors (Lipinski definition) is 6. The fourth-order valence-corrected chi connectivity index (χ4v) is 6.00. The number of carbonyl (C=O) groups is 1. The summed E-state index contributed by atoms with van der Waals surface area (Å²) < 4.78 is 24.3. The maximum Gasteiger partial charge on any atom is 0.253 e. The Bertz CT molecular complexity index is 870. The number of sulfone groups is 1. The lowest BCUT2D eigenvalue weighted by Crippen LogP contribution is -2.52. The lowest BCUT2D eigenvalue weighted by atomic mass is 10.1. The molecule has 0 N–H and O–H groups in total. The van der Waals surface area contributed by atoms with Gasteiger partial charge in [-0.3, -0.25) is 9.69 Å². The molecular weight excluding hydrogens is 346 g/mol. The van der Waals surface area contributed by atoms with E-state index in [9.17, 15) is 13.2 Å². The number of fused-ring (bicyclic) bond motifs is 1. The summed E-state index contributed by atoms with van der Waals surface area (Å²) in [7, 11) is -2.86. The molecule has 3 heterocycles. The molecule has 0 aliphatic carbocycles. The summed E-state index contributed by atoms with van der Waals surface area (Å²) >= 11 is 1.54. The van der Waals surface area contributed by atoms with Crippen molar-refractivity contribution in [3.8, 4) is 0 Å². The first-order chi connectivity index (χ1) is 11.5. The van der Waals surface area contributed by atoms with E-state index in [1.165, 1.54) is 11.3 Å². The van der Waals surface area contributed by atoms with Crippen LogP contribution in [0.4, 0.5) is 0 Å². The van der Waals surface area contributed by atoms with Gasteiger partial charge < -0.3 is 4.90 Å². The molecule has 1 atom stereocenters. The van der Waals surface area contributed by atoms with Crippen molar-refractivity contribution in [2.75, 3.05) is 37.7 Å². The molecule has 0 radical (unpaired) electrons. The van der Waals surface area contributed by atoms with Crippen LogP contribution >= 0.6 is 11.3 Å². The highest BCUT2D eigenvalue weighted by atomic mass is 32.2. The predicted molar refractivity (Wildman–Crippen MR) is 94.2 cm³/mol. The summed E-state index contributed by atoms with van der Waals surface area (Å²) in [6.45, 7) is 2.79. The van der Waals surface area contributed by atoms with Gasteiger partial charge in [0.2, 0.25) is 0 Å².